The molecule has 0 aliphatic carbocycles. The van der Waals surface area contributed by atoms with Gasteiger partial charge in [0.1, 0.15) is 5.75 Å². The van der Waals surface area contributed by atoms with E-state index in [4.69, 9.17) is 9.84 Å². The van der Waals surface area contributed by atoms with Crippen LogP contribution in [0.25, 0.3) is 0 Å². The third-order valence-electron chi connectivity index (χ3n) is 3.26. The average Bonchev–Trinajstić information content (AvgIpc) is 2.97. The van der Waals surface area contributed by atoms with E-state index in [1.807, 2.05) is 29.1 Å². The van der Waals surface area contributed by atoms with Crippen LogP contribution in [0.4, 0.5) is 0 Å². The third-order valence-corrected chi connectivity index (χ3v) is 3.26. The van der Waals surface area contributed by atoms with Crippen LogP contribution >= 0.6 is 0 Å². The van der Waals surface area contributed by atoms with Gasteiger partial charge in [0, 0.05) is 30.5 Å². The summed E-state index contributed by atoms with van der Waals surface area (Å²) in [4.78, 5) is 0. The van der Waals surface area contributed by atoms with Gasteiger partial charge in [-0.2, -0.15) is 5.10 Å². The minimum atomic E-state index is 0.140. The lowest BCUT2D eigenvalue weighted by molar-refractivity contribution is 0.286. The molecule has 1 atom stereocenters. The summed E-state index contributed by atoms with van der Waals surface area (Å²) in [6, 6.07) is 8.23. The molecule has 0 fully saturated rings. The monoisotopic (exact) mass is 275 g/mol. The standard InChI is InChI=1S/C15H21N3O2/c1-12(16-7-9-19)13-4-5-15(20-2)14(10-13)11-18-8-3-6-17-18/h3-6,8,10,12,16,19H,7,9,11H2,1-2H3. The Kier molecular flexibility index (Phi) is 5.15. The fraction of sp³-hybridized carbons (Fsp3) is 0.400. The molecular weight excluding hydrogens is 254 g/mol. The van der Waals surface area contributed by atoms with E-state index in [0.29, 0.717) is 13.1 Å². The molecule has 1 aromatic carbocycles. The summed E-state index contributed by atoms with van der Waals surface area (Å²) in [6.07, 6.45) is 3.70. The molecule has 1 heterocycles. The summed E-state index contributed by atoms with van der Waals surface area (Å²) in [5.74, 6) is 0.860. The number of aliphatic hydroxyl groups is 1. The van der Waals surface area contributed by atoms with Crippen molar-refractivity contribution in [3.63, 3.8) is 0 Å². The van der Waals surface area contributed by atoms with E-state index in [9.17, 15) is 0 Å². The number of ether oxygens (including phenoxy) is 1. The van der Waals surface area contributed by atoms with Crippen molar-refractivity contribution in [2.45, 2.75) is 19.5 Å². The first-order valence-electron chi connectivity index (χ1n) is 6.73. The minimum absolute atomic E-state index is 0.140. The lowest BCUT2D eigenvalue weighted by atomic mass is 10.0. The highest BCUT2D eigenvalue weighted by Crippen LogP contribution is 2.24. The fourth-order valence-corrected chi connectivity index (χ4v) is 2.16. The summed E-state index contributed by atoms with van der Waals surface area (Å²) < 4.78 is 7.28. The molecule has 1 aromatic heterocycles. The van der Waals surface area contributed by atoms with E-state index >= 15 is 0 Å². The van der Waals surface area contributed by atoms with E-state index in [-0.39, 0.29) is 12.6 Å². The van der Waals surface area contributed by atoms with Gasteiger partial charge in [-0.3, -0.25) is 4.68 Å². The Bertz CT molecular complexity index is 526. The van der Waals surface area contributed by atoms with Crippen LogP contribution in [0.2, 0.25) is 0 Å². The van der Waals surface area contributed by atoms with Crippen LogP contribution in [0, 0.1) is 0 Å². The summed E-state index contributed by atoms with van der Waals surface area (Å²) in [5.41, 5.74) is 2.26. The van der Waals surface area contributed by atoms with Crippen LogP contribution in [-0.2, 0) is 6.54 Å². The maximum absolute atomic E-state index is 8.88. The zero-order valence-electron chi connectivity index (χ0n) is 11.9. The van der Waals surface area contributed by atoms with Gasteiger partial charge in [-0.1, -0.05) is 6.07 Å². The van der Waals surface area contributed by atoms with Crippen molar-refractivity contribution < 1.29 is 9.84 Å². The van der Waals surface area contributed by atoms with Crippen LogP contribution in [0.5, 0.6) is 5.75 Å². The second-order valence-electron chi connectivity index (χ2n) is 4.67. The molecule has 5 heteroatoms. The van der Waals surface area contributed by atoms with Crippen molar-refractivity contribution in [1.29, 1.82) is 0 Å². The van der Waals surface area contributed by atoms with Gasteiger partial charge in [0.2, 0.25) is 0 Å². The number of nitrogens with one attached hydrogen (secondary N) is 1. The molecule has 0 aliphatic rings. The number of hydrogen-bond acceptors (Lipinski definition) is 4. The molecule has 2 aromatic rings. The van der Waals surface area contributed by atoms with Gasteiger partial charge in [0.25, 0.3) is 0 Å². The zero-order chi connectivity index (χ0) is 14.4. The van der Waals surface area contributed by atoms with Crippen molar-refractivity contribution in [3.8, 4) is 5.75 Å². The predicted molar refractivity (Wildman–Crippen MR) is 77.8 cm³/mol. The largest absolute Gasteiger partial charge is 0.496 e. The number of aliphatic hydroxyl groups excluding tert-OH is 1. The van der Waals surface area contributed by atoms with Crippen LogP contribution in [-0.4, -0.2) is 35.1 Å². The first-order valence-corrected chi connectivity index (χ1v) is 6.73. The first-order chi connectivity index (χ1) is 9.74. The Morgan fingerprint density at radius 1 is 1.45 bits per heavy atom. The minimum Gasteiger partial charge on any atom is -0.496 e. The van der Waals surface area contributed by atoms with Crippen molar-refractivity contribution in [1.82, 2.24) is 15.1 Å². The molecule has 0 bridgehead atoms. The highest BCUT2D eigenvalue weighted by molar-refractivity contribution is 5.38. The molecular formula is C15H21N3O2. The molecule has 108 valence electrons. The maximum atomic E-state index is 8.88. The van der Waals surface area contributed by atoms with Gasteiger partial charge in [-0.15, -0.1) is 0 Å². The Morgan fingerprint density at radius 3 is 2.95 bits per heavy atom. The first kappa shape index (κ1) is 14.6. The van der Waals surface area contributed by atoms with Crippen LogP contribution in [0.1, 0.15) is 24.1 Å². The Morgan fingerprint density at radius 2 is 2.30 bits per heavy atom. The lowest BCUT2D eigenvalue weighted by Crippen LogP contribution is -2.22. The second-order valence-corrected chi connectivity index (χ2v) is 4.67. The number of methoxy groups -OCH3 is 1. The van der Waals surface area contributed by atoms with E-state index in [1.165, 1.54) is 5.56 Å². The number of benzene rings is 1. The molecule has 5 nitrogen and oxygen atoms in total. The van der Waals surface area contributed by atoms with Crippen LogP contribution in [0.15, 0.2) is 36.7 Å². The summed E-state index contributed by atoms with van der Waals surface area (Å²) in [6.45, 7) is 3.48. The van der Waals surface area contributed by atoms with E-state index < -0.39 is 0 Å². The van der Waals surface area contributed by atoms with E-state index in [2.05, 4.69) is 23.4 Å². The molecule has 0 amide bonds. The number of rotatable bonds is 7. The van der Waals surface area contributed by atoms with Gasteiger partial charge in [-0.25, -0.2) is 0 Å². The molecule has 0 radical (unpaired) electrons. The second kappa shape index (κ2) is 7.07. The lowest BCUT2D eigenvalue weighted by Gasteiger charge is -2.16. The van der Waals surface area contributed by atoms with E-state index in [0.717, 1.165) is 11.3 Å². The topological polar surface area (TPSA) is 59.3 Å². The SMILES string of the molecule is COc1ccc(C(C)NCCO)cc1Cn1cccn1. The highest BCUT2D eigenvalue weighted by Gasteiger charge is 2.10. The van der Waals surface area contributed by atoms with Crippen molar-refractivity contribution in [2.24, 2.45) is 0 Å². The van der Waals surface area contributed by atoms with Gasteiger partial charge in [0.15, 0.2) is 0 Å². The fourth-order valence-electron chi connectivity index (χ4n) is 2.16. The molecule has 1 unspecified atom stereocenters. The van der Waals surface area contributed by atoms with Crippen molar-refractivity contribution >= 4 is 0 Å². The van der Waals surface area contributed by atoms with Gasteiger partial charge < -0.3 is 15.2 Å². The number of nitrogens with zero attached hydrogens (tertiary/aromatic N) is 2. The Balaban J connectivity index is 2.19. The molecule has 0 spiro atoms. The number of aromatic nitrogens is 2. The Labute approximate surface area is 119 Å². The molecule has 2 N–H and O–H groups in total. The maximum Gasteiger partial charge on any atom is 0.123 e. The predicted octanol–water partition coefficient (Wildman–Crippen LogP) is 1.58. The normalized spacial score (nSPS) is 12.3. The summed E-state index contributed by atoms with van der Waals surface area (Å²) in [7, 11) is 1.68. The number of hydrogen-bond donors (Lipinski definition) is 2. The zero-order valence-corrected chi connectivity index (χ0v) is 11.9. The third kappa shape index (κ3) is 3.59. The Hall–Kier alpha value is -1.85. The quantitative estimate of drug-likeness (QED) is 0.805. The smallest absolute Gasteiger partial charge is 0.123 e. The van der Waals surface area contributed by atoms with Crippen LogP contribution < -0.4 is 10.1 Å². The van der Waals surface area contributed by atoms with Crippen LogP contribution in [0.3, 0.4) is 0 Å². The van der Waals surface area contributed by atoms with Gasteiger partial charge >= 0.3 is 0 Å². The van der Waals surface area contributed by atoms with Gasteiger partial charge in [0.05, 0.1) is 20.3 Å². The van der Waals surface area contributed by atoms with Crippen molar-refractivity contribution in [3.05, 3.63) is 47.8 Å². The summed E-state index contributed by atoms with van der Waals surface area (Å²) in [5, 5.41) is 16.4. The van der Waals surface area contributed by atoms with E-state index in [1.54, 1.807) is 13.3 Å². The molecule has 20 heavy (non-hydrogen) atoms. The molecule has 2 rings (SSSR count). The van der Waals surface area contributed by atoms with Gasteiger partial charge in [-0.05, 0) is 30.7 Å². The summed E-state index contributed by atoms with van der Waals surface area (Å²) >= 11 is 0. The molecule has 0 saturated heterocycles. The average molecular weight is 275 g/mol. The molecule has 0 aliphatic heterocycles. The highest BCUT2D eigenvalue weighted by atomic mass is 16.5. The van der Waals surface area contributed by atoms with Crippen molar-refractivity contribution in [2.75, 3.05) is 20.3 Å². The molecule has 0 saturated carbocycles.